The molecule has 0 spiro atoms. The predicted octanol–water partition coefficient (Wildman–Crippen LogP) is 4.43. The number of carbonyl (C=O) groups is 1. The summed E-state index contributed by atoms with van der Waals surface area (Å²) in [7, 11) is 0. The monoisotopic (exact) mass is 334 g/mol. The highest BCUT2D eigenvalue weighted by molar-refractivity contribution is 5.95. The van der Waals surface area contributed by atoms with Crippen molar-refractivity contribution >= 4 is 22.5 Å². The molecule has 1 aromatic heterocycles. The number of nitrogens with zero attached hydrogens (tertiary/aromatic N) is 1. The number of aryl methyl sites for hydroxylation is 2. The first kappa shape index (κ1) is 17.0. The van der Waals surface area contributed by atoms with Crippen molar-refractivity contribution in [2.45, 2.75) is 27.2 Å². The average Bonchev–Trinajstić information content (AvgIpc) is 2.60. The zero-order valence-corrected chi connectivity index (χ0v) is 14.8. The molecular formula is C21H22N2O2. The van der Waals surface area contributed by atoms with Crippen LogP contribution in [-0.4, -0.2) is 17.5 Å². The summed E-state index contributed by atoms with van der Waals surface area (Å²) < 4.78 is 5.57. The SMILES string of the molecule is CCOc1ccccc1NC(=O)Cc1c(C)nc2ccccc2c1C. The Balaban J connectivity index is 1.85. The van der Waals surface area contributed by atoms with Gasteiger partial charge in [0.2, 0.25) is 5.91 Å². The number of nitrogens with one attached hydrogen (secondary N) is 1. The van der Waals surface area contributed by atoms with Gasteiger partial charge in [-0.05, 0) is 50.1 Å². The third kappa shape index (κ3) is 3.63. The number of rotatable bonds is 5. The minimum atomic E-state index is -0.0737. The highest BCUT2D eigenvalue weighted by Gasteiger charge is 2.14. The smallest absolute Gasteiger partial charge is 0.228 e. The topological polar surface area (TPSA) is 51.2 Å². The molecule has 0 saturated carbocycles. The highest BCUT2D eigenvalue weighted by Crippen LogP contribution is 2.26. The molecule has 2 aromatic carbocycles. The Morgan fingerprint density at radius 3 is 2.60 bits per heavy atom. The van der Waals surface area contributed by atoms with Crippen LogP contribution in [0.15, 0.2) is 48.5 Å². The molecule has 3 rings (SSSR count). The third-order valence-corrected chi connectivity index (χ3v) is 4.28. The van der Waals surface area contributed by atoms with Gasteiger partial charge >= 0.3 is 0 Å². The van der Waals surface area contributed by atoms with Crippen molar-refractivity contribution in [3.63, 3.8) is 0 Å². The molecule has 1 amide bonds. The van der Waals surface area contributed by atoms with Crippen molar-refractivity contribution in [2.24, 2.45) is 0 Å². The first-order valence-electron chi connectivity index (χ1n) is 8.46. The molecular weight excluding hydrogens is 312 g/mol. The summed E-state index contributed by atoms with van der Waals surface area (Å²) in [6.07, 6.45) is 0.288. The number of amides is 1. The summed E-state index contributed by atoms with van der Waals surface area (Å²) in [4.78, 5) is 17.2. The zero-order valence-electron chi connectivity index (χ0n) is 14.8. The van der Waals surface area contributed by atoms with E-state index in [1.807, 2.05) is 69.3 Å². The van der Waals surface area contributed by atoms with Crippen molar-refractivity contribution in [3.8, 4) is 5.75 Å². The molecule has 1 N–H and O–H groups in total. The van der Waals surface area contributed by atoms with E-state index < -0.39 is 0 Å². The Labute approximate surface area is 147 Å². The number of hydrogen-bond donors (Lipinski definition) is 1. The van der Waals surface area contributed by atoms with Crippen molar-refractivity contribution in [3.05, 3.63) is 65.4 Å². The molecule has 0 aliphatic heterocycles. The minimum absolute atomic E-state index is 0.0737. The molecule has 0 bridgehead atoms. The number of ether oxygens (including phenoxy) is 1. The fourth-order valence-corrected chi connectivity index (χ4v) is 3.04. The van der Waals surface area contributed by atoms with Crippen molar-refractivity contribution in [2.75, 3.05) is 11.9 Å². The summed E-state index contributed by atoms with van der Waals surface area (Å²) >= 11 is 0. The van der Waals surface area contributed by atoms with Gasteiger partial charge in [-0.1, -0.05) is 30.3 Å². The van der Waals surface area contributed by atoms with E-state index in [1.165, 1.54) is 0 Å². The van der Waals surface area contributed by atoms with E-state index in [-0.39, 0.29) is 12.3 Å². The van der Waals surface area contributed by atoms with E-state index in [1.54, 1.807) is 0 Å². The van der Waals surface area contributed by atoms with Crippen LogP contribution in [0.2, 0.25) is 0 Å². The van der Waals surface area contributed by atoms with Crippen LogP contribution in [0, 0.1) is 13.8 Å². The van der Waals surface area contributed by atoms with E-state index in [9.17, 15) is 4.79 Å². The lowest BCUT2D eigenvalue weighted by atomic mass is 9.99. The van der Waals surface area contributed by atoms with Crippen LogP contribution in [0.4, 0.5) is 5.69 Å². The van der Waals surface area contributed by atoms with Crippen LogP contribution in [0.3, 0.4) is 0 Å². The summed E-state index contributed by atoms with van der Waals surface area (Å²) in [6.45, 7) is 6.48. The molecule has 128 valence electrons. The number of pyridine rings is 1. The van der Waals surface area contributed by atoms with Crippen LogP contribution in [0.1, 0.15) is 23.7 Å². The van der Waals surface area contributed by atoms with Gasteiger partial charge in [-0.2, -0.15) is 0 Å². The molecule has 3 aromatic rings. The second kappa shape index (κ2) is 7.34. The van der Waals surface area contributed by atoms with Crippen molar-refractivity contribution < 1.29 is 9.53 Å². The first-order chi connectivity index (χ1) is 12.1. The van der Waals surface area contributed by atoms with Gasteiger partial charge in [0.25, 0.3) is 0 Å². The van der Waals surface area contributed by atoms with Crippen LogP contribution in [-0.2, 0) is 11.2 Å². The number of carbonyl (C=O) groups excluding carboxylic acids is 1. The van der Waals surface area contributed by atoms with E-state index in [0.29, 0.717) is 18.0 Å². The van der Waals surface area contributed by atoms with Crippen LogP contribution in [0.5, 0.6) is 5.75 Å². The fraction of sp³-hybridized carbons (Fsp3) is 0.238. The number of benzene rings is 2. The molecule has 0 fully saturated rings. The van der Waals surface area contributed by atoms with Gasteiger partial charge in [-0.3, -0.25) is 9.78 Å². The normalized spacial score (nSPS) is 10.7. The number of para-hydroxylation sites is 3. The van der Waals surface area contributed by atoms with Gasteiger partial charge in [0.15, 0.2) is 0 Å². The maximum absolute atomic E-state index is 12.6. The van der Waals surface area contributed by atoms with Crippen LogP contribution < -0.4 is 10.1 Å². The lowest BCUT2D eigenvalue weighted by Crippen LogP contribution is -2.17. The van der Waals surface area contributed by atoms with E-state index >= 15 is 0 Å². The zero-order chi connectivity index (χ0) is 17.8. The molecule has 4 nitrogen and oxygen atoms in total. The van der Waals surface area contributed by atoms with Gasteiger partial charge in [-0.25, -0.2) is 0 Å². The molecule has 0 atom stereocenters. The number of aromatic nitrogens is 1. The Bertz CT molecular complexity index is 919. The third-order valence-electron chi connectivity index (χ3n) is 4.28. The summed E-state index contributed by atoms with van der Waals surface area (Å²) in [5.74, 6) is 0.610. The quantitative estimate of drug-likeness (QED) is 0.751. The Kier molecular flexibility index (Phi) is 4.98. The maximum Gasteiger partial charge on any atom is 0.228 e. The van der Waals surface area contributed by atoms with Crippen LogP contribution in [0.25, 0.3) is 10.9 Å². The minimum Gasteiger partial charge on any atom is -0.492 e. The molecule has 4 heteroatoms. The summed E-state index contributed by atoms with van der Waals surface area (Å²) in [5.41, 5.74) is 4.63. The fourth-order valence-electron chi connectivity index (χ4n) is 3.04. The Morgan fingerprint density at radius 1 is 1.08 bits per heavy atom. The number of hydrogen-bond acceptors (Lipinski definition) is 3. The molecule has 0 aliphatic carbocycles. The molecule has 0 radical (unpaired) electrons. The van der Waals surface area contributed by atoms with E-state index in [0.717, 1.165) is 27.7 Å². The number of anilines is 1. The summed E-state index contributed by atoms with van der Waals surface area (Å²) in [5, 5.41) is 4.04. The van der Waals surface area contributed by atoms with Crippen LogP contribution >= 0.6 is 0 Å². The van der Waals surface area contributed by atoms with Crippen molar-refractivity contribution in [1.29, 1.82) is 0 Å². The lowest BCUT2D eigenvalue weighted by molar-refractivity contribution is -0.115. The second-order valence-electron chi connectivity index (χ2n) is 5.97. The molecule has 25 heavy (non-hydrogen) atoms. The molecule has 0 aliphatic rings. The highest BCUT2D eigenvalue weighted by atomic mass is 16.5. The predicted molar refractivity (Wildman–Crippen MR) is 101 cm³/mol. The van der Waals surface area contributed by atoms with Crippen molar-refractivity contribution in [1.82, 2.24) is 4.98 Å². The maximum atomic E-state index is 12.6. The second-order valence-corrected chi connectivity index (χ2v) is 5.97. The molecule has 0 unspecified atom stereocenters. The number of fused-ring (bicyclic) bond motifs is 1. The van der Waals surface area contributed by atoms with Gasteiger partial charge in [0, 0.05) is 11.1 Å². The summed E-state index contributed by atoms with van der Waals surface area (Å²) in [6, 6.07) is 15.5. The first-order valence-corrected chi connectivity index (χ1v) is 8.46. The Hall–Kier alpha value is -2.88. The molecule has 0 saturated heterocycles. The van der Waals surface area contributed by atoms with Gasteiger partial charge in [0.1, 0.15) is 5.75 Å². The van der Waals surface area contributed by atoms with E-state index in [2.05, 4.69) is 10.3 Å². The standard InChI is InChI=1S/C21H22N2O2/c1-4-25-20-12-8-7-11-19(20)23-21(24)13-17-14(2)16-9-5-6-10-18(16)22-15(17)3/h5-12H,4,13H2,1-3H3,(H,23,24). The Morgan fingerprint density at radius 2 is 1.80 bits per heavy atom. The van der Waals surface area contributed by atoms with Gasteiger partial charge in [0.05, 0.1) is 24.2 Å². The van der Waals surface area contributed by atoms with Gasteiger partial charge < -0.3 is 10.1 Å². The molecule has 1 heterocycles. The van der Waals surface area contributed by atoms with Gasteiger partial charge in [-0.15, -0.1) is 0 Å². The largest absolute Gasteiger partial charge is 0.492 e. The average molecular weight is 334 g/mol. The van der Waals surface area contributed by atoms with E-state index in [4.69, 9.17) is 4.74 Å². The lowest BCUT2D eigenvalue weighted by Gasteiger charge is -2.14.